The van der Waals surface area contributed by atoms with Crippen molar-refractivity contribution in [3.05, 3.63) is 64.9 Å². The number of imidazole rings is 1. The first-order valence-electron chi connectivity index (χ1n) is 13.2. The molecule has 196 valence electrons. The van der Waals surface area contributed by atoms with Crippen molar-refractivity contribution in [1.82, 2.24) is 29.7 Å². The number of hydrogen-bond acceptors (Lipinski definition) is 7. The van der Waals surface area contributed by atoms with Crippen LogP contribution in [0.1, 0.15) is 54.0 Å². The molecule has 0 spiro atoms. The SMILES string of the molecule is Cc1cccc(/C(N)=C(/C2=NCCC2)c2ccnc(-c3nc4c([nH]3)CN(C(=O)N3CCC(O)CC3)C4)c2)n1. The highest BCUT2D eigenvalue weighted by atomic mass is 16.3. The molecule has 0 radical (unpaired) electrons. The summed E-state index contributed by atoms with van der Waals surface area (Å²) in [4.78, 5) is 38.7. The number of aliphatic hydroxyl groups excluding tert-OH is 1. The Bertz CT molecular complexity index is 1410. The number of allylic oxidation sites excluding steroid dienone is 1. The van der Waals surface area contributed by atoms with E-state index in [1.807, 2.05) is 42.2 Å². The lowest BCUT2D eigenvalue weighted by Gasteiger charge is -2.32. The van der Waals surface area contributed by atoms with Crippen molar-refractivity contribution >= 4 is 23.0 Å². The monoisotopic (exact) mass is 512 g/mol. The van der Waals surface area contributed by atoms with Crippen molar-refractivity contribution in [2.75, 3.05) is 19.6 Å². The molecule has 3 aromatic heterocycles. The minimum absolute atomic E-state index is 0.00248. The number of urea groups is 1. The standard InChI is InChI=1S/C28H32N8O2/c1-17-4-2-5-21(32-17)26(29)25(20-6-3-10-30-20)18-7-11-31-22(14-18)27-33-23-15-36(16-24(23)34-27)28(38)35-12-8-19(37)9-13-35/h2,4-5,7,11,14,19,37H,3,6,8-10,12-13,15-16,29H2,1H3,(H,33,34)/b26-25-. The van der Waals surface area contributed by atoms with Gasteiger partial charge in [0, 0.05) is 42.8 Å². The van der Waals surface area contributed by atoms with Gasteiger partial charge in [-0.1, -0.05) is 6.07 Å². The third-order valence-corrected chi connectivity index (χ3v) is 7.45. The first-order chi connectivity index (χ1) is 18.5. The number of hydrogen-bond donors (Lipinski definition) is 3. The Kier molecular flexibility index (Phi) is 6.40. The summed E-state index contributed by atoms with van der Waals surface area (Å²) in [7, 11) is 0. The summed E-state index contributed by atoms with van der Waals surface area (Å²) in [6.45, 7) is 4.86. The molecule has 10 heteroatoms. The smallest absolute Gasteiger partial charge is 0.320 e. The van der Waals surface area contributed by atoms with Gasteiger partial charge < -0.3 is 25.6 Å². The fourth-order valence-electron chi connectivity index (χ4n) is 5.41. The molecule has 0 unspecified atom stereocenters. The number of amides is 2. The Morgan fingerprint density at radius 3 is 2.71 bits per heavy atom. The highest BCUT2D eigenvalue weighted by molar-refractivity contribution is 6.30. The largest absolute Gasteiger partial charge is 0.396 e. The maximum absolute atomic E-state index is 13.0. The molecular formula is C28H32N8O2. The molecule has 1 saturated heterocycles. The lowest BCUT2D eigenvalue weighted by atomic mass is 9.96. The number of aryl methyl sites for hydroxylation is 1. The van der Waals surface area contributed by atoms with E-state index in [0.29, 0.717) is 56.2 Å². The van der Waals surface area contributed by atoms with E-state index in [-0.39, 0.29) is 12.1 Å². The summed E-state index contributed by atoms with van der Waals surface area (Å²) in [6.07, 6.45) is 4.59. The number of pyridine rings is 2. The van der Waals surface area contributed by atoms with Crippen molar-refractivity contribution in [3.8, 4) is 11.5 Å². The van der Waals surface area contributed by atoms with Gasteiger partial charge in [0.2, 0.25) is 0 Å². The number of aliphatic imine (C=N–C) groups is 1. The van der Waals surface area contributed by atoms with Crippen LogP contribution in [0.2, 0.25) is 0 Å². The van der Waals surface area contributed by atoms with Crippen LogP contribution in [0.4, 0.5) is 4.79 Å². The summed E-state index contributed by atoms with van der Waals surface area (Å²) < 4.78 is 0. The van der Waals surface area contributed by atoms with Crippen LogP contribution in [0.25, 0.3) is 22.8 Å². The van der Waals surface area contributed by atoms with Crippen molar-refractivity contribution in [1.29, 1.82) is 0 Å². The Balaban J connectivity index is 1.26. The van der Waals surface area contributed by atoms with Crippen molar-refractivity contribution in [3.63, 3.8) is 0 Å². The van der Waals surface area contributed by atoms with Gasteiger partial charge in [0.15, 0.2) is 5.82 Å². The molecule has 6 heterocycles. The lowest BCUT2D eigenvalue weighted by Crippen LogP contribution is -2.45. The van der Waals surface area contributed by atoms with Crippen LogP contribution < -0.4 is 5.73 Å². The van der Waals surface area contributed by atoms with E-state index in [1.165, 1.54) is 0 Å². The number of fused-ring (bicyclic) bond motifs is 1. The molecule has 3 aliphatic rings. The number of rotatable bonds is 4. The number of carbonyl (C=O) groups is 1. The molecule has 4 N–H and O–H groups in total. The first-order valence-corrected chi connectivity index (χ1v) is 13.2. The Labute approximate surface area is 221 Å². The topological polar surface area (TPSA) is 137 Å². The number of piperidine rings is 1. The van der Waals surface area contributed by atoms with Gasteiger partial charge in [0.05, 0.1) is 42.0 Å². The number of nitrogens with zero attached hydrogens (tertiary/aromatic N) is 6. The van der Waals surface area contributed by atoms with Crippen molar-refractivity contribution in [2.45, 2.75) is 51.8 Å². The Hall–Kier alpha value is -4.05. The van der Waals surface area contributed by atoms with Gasteiger partial charge in [-0.05, 0) is 62.4 Å². The van der Waals surface area contributed by atoms with Gasteiger partial charge in [-0.2, -0.15) is 0 Å². The van der Waals surface area contributed by atoms with Gasteiger partial charge in [-0.3, -0.25) is 15.0 Å². The summed E-state index contributed by atoms with van der Waals surface area (Å²) in [5.41, 5.74) is 14.3. The normalized spacial score (nSPS) is 18.4. The fourth-order valence-corrected chi connectivity index (χ4v) is 5.41. The van der Waals surface area contributed by atoms with Crippen LogP contribution in [-0.4, -0.2) is 72.3 Å². The molecule has 2 amide bonds. The Morgan fingerprint density at radius 1 is 1.13 bits per heavy atom. The third kappa shape index (κ3) is 4.67. The third-order valence-electron chi connectivity index (χ3n) is 7.45. The van der Waals surface area contributed by atoms with E-state index >= 15 is 0 Å². The average molecular weight is 513 g/mol. The number of H-pyrrole nitrogens is 1. The van der Waals surface area contributed by atoms with Gasteiger partial charge in [0.1, 0.15) is 5.69 Å². The van der Waals surface area contributed by atoms with E-state index < -0.39 is 0 Å². The lowest BCUT2D eigenvalue weighted by molar-refractivity contribution is 0.0807. The second-order valence-corrected chi connectivity index (χ2v) is 10.2. The maximum Gasteiger partial charge on any atom is 0.320 e. The summed E-state index contributed by atoms with van der Waals surface area (Å²) in [6, 6.07) is 9.79. The van der Waals surface area contributed by atoms with E-state index in [1.54, 1.807) is 11.1 Å². The van der Waals surface area contributed by atoms with E-state index in [2.05, 4.69) is 15.0 Å². The number of aromatic nitrogens is 4. The quantitative estimate of drug-likeness (QED) is 0.491. The molecule has 0 aromatic carbocycles. The van der Waals surface area contributed by atoms with E-state index in [9.17, 15) is 9.90 Å². The number of carbonyl (C=O) groups excluding carboxylic acids is 1. The molecule has 6 rings (SSSR count). The molecule has 0 atom stereocenters. The number of nitrogens with two attached hydrogens (primary N) is 1. The molecule has 0 bridgehead atoms. The zero-order chi connectivity index (χ0) is 26.2. The van der Waals surface area contributed by atoms with Crippen LogP contribution in [0, 0.1) is 6.92 Å². The summed E-state index contributed by atoms with van der Waals surface area (Å²) >= 11 is 0. The average Bonchev–Trinajstić information content (AvgIpc) is 3.67. The number of nitrogens with one attached hydrogen (secondary N) is 1. The predicted molar refractivity (Wildman–Crippen MR) is 145 cm³/mol. The molecule has 3 aliphatic heterocycles. The van der Waals surface area contributed by atoms with Gasteiger partial charge in [0.25, 0.3) is 0 Å². The van der Waals surface area contributed by atoms with Crippen molar-refractivity contribution < 1.29 is 9.90 Å². The molecular weight excluding hydrogens is 480 g/mol. The fraction of sp³-hybridized carbons (Fsp3) is 0.393. The van der Waals surface area contributed by atoms with Crippen LogP contribution >= 0.6 is 0 Å². The summed E-state index contributed by atoms with van der Waals surface area (Å²) in [5.74, 6) is 0.671. The minimum Gasteiger partial charge on any atom is -0.396 e. The number of likely N-dealkylation sites (tertiary alicyclic amines) is 1. The summed E-state index contributed by atoms with van der Waals surface area (Å²) in [5, 5.41) is 9.74. The van der Waals surface area contributed by atoms with E-state index in [4.69, 9.17) is 15.7 Å². The maximum atomic E-state index is 13.0. The molecule has 1 fully saturated rings. The Morgan fingerprint density at radius 2 is 1.97 bits per heavy atom. The van der Waals surface area contributed by atoms with Crippen LogP contribution in [-0.2, 0) is 13.1 Å². The number of aromatic amines is 1. The zero-order valence-electron chi connectivity index (χ0n) is 21.5. The molecule has 38 heavy (non-hydrogen) atoms. The highest BCUT2D eigenvalue weighted by Crippen LogP contribution is 2.31. The van der Waals surface area contributed by atoms with Crippen LogP contribution in [0.15, 0.2) is 41.5 Å². The molecule has 0 saturated carbocycles. The van der Waals surface area contributed by atoms with Crippen LogP contribution in [0.5, 0.6) is 0 Å². The highest BCUT2D eigenvalue weighted by Gasteiger charge is 2.32. The molecule has 3 aromatic rings. The first kappa shape index (κ1) is 24.3. The predicted octanol–water partition coefficient (Wildman–Crippen LogP) is 3.13. The van der Waals surface area contributed by atoms with Gasteiger partial charge >= 0.3 is 6.03 Å². The minimum atomic E-state index is -0.308. The molecule has 10 nitrogen and oxygen atoms in total. The van der Waals surface area contributed by atoms with Gasteiger partial charge in [-0.25, -0.2) is 9.78 Å². The molecule has 0 aliphatic carbocycles. The van der Waals surface area contributed by atoms with Crippen LogP contribution in [0.3, 0.4) is 0 Å². The second-order valence-electron chi connectivity index (χ2n) is 10.2. The van der Waals surface area contributed by atoms with E-state index in [0.717, 1.165) is 59.0 Å². The zero-order valence-corrected chi connectivity index (χ0v) is 21.5. The number of aliphatic hydroxyl groups is 1. The van der Waals surface area contributed by atoms with Crippen molar-refractivity contribution in [2.24, 2.45) is 10.7 Å². The second kappa shape index (κ2) is 10.0. The van der Waals surface area contributed by atoms with Gasteiger partial charge in [-0.15, -0.1) is 0 Å².